The van der Waals surface area contributed by atoms with Crippen LogP contribution in [-0.2, 0) is 6.18 Å². The fourth-order valence-electron chi connectivity index (χ4n) is 2.39. The van der Waals surface area contributed by atoms with Gasteiger partial charge in [0.15, 0.2) is 0 Å². The Bertz CT molecular complexity index is 914. The van der Waals surface area contributed by atoms with E-state index in [4.69, 9.17) is 4.74 Å². The van der Waals surface area contributed by atoms with Gasteiger partial charge in [-0.2, -0.15) is 13.2 Å². The molecule has 0 fully saturated rings. The van der Waals surface area contributed by atoms with Crippen molar-refractivity contribution in [3.05, 3.63) is 66.0 Å². The summed E-state index contributed by atoms with van der Waals surface area (Å²) in [6.07, 6.45) is -1.54. The van der Waals surface area contributed by atoms with E-state index in [-0.39, 0.29) is 35.8 Å². The number of hydrogen-bond donors (Lipinski definition) is 1. The van der Waals surface area contributed by atoms with Gasteiger partial charge in [0.05, 0.1) is 17.6 Å². The quantitative estimate of drug-likeness (QED) is 0.707. The molecule has 0 atom stereocenters. The van der Waals surface area contributed by atoms with E-state index in [2.05, 4.69) is 15.3 Å². The van der Waals surface area contributed by atoms with Gasteiger partial charge in [-0.15, -0.1) is 0 Å². The SMILES string of the molecule is O=C(NCCOc1cc(C(F)(F)F)c2ccccc2n1)c1ccncc1. The molecule has 1 aromatic carbocycles. The molecule has 0 saturated heterocycles. The first-order valence-corrected chi connectivity index (χ1v) is 7.73. The van der Waals surface area contributed by atoms with Gasteiger partial charge in [0.25, 0.3) is 5.91 Å². The summed E-state index contributed by atoms with van der Waals surface area (Å²) in [4.78, 5) is 19.8. The van der Waals surface area contributed by atoms with Gasteiger partial charge in [0.1, 0.15) is 6.61 Å². The maximum atomic E-state index is 13.2. The Hall–Kier alpha value is -3.16. The molecule has 2 aromatic heterocycles. The predicted octanol–water partition coefficient (Wildman–Crippen LogP) is 3.46. The Morgan fingerprint density at radius 1 is 1.12 bits per heavy atom. The van der Waals surface area contributed by atoms with E-state index >= 15 is 0 Å². The van der Waals surface area contributed by atoms with Crippen molar-refractivity contribution in [2.24, 2.45) is 0 Å². The summed E-state index contributed by atoms with van der Waals surface area (Å²) >= 11 is 0. The average Bonchev–Trinajstić information content (AvgIpc) is 2.64. The normalized spacial score (nSPS) is 11.3. The number of fused-ring (bicyclic) bond motifs is 1. The maximum Gasteiger partial charge on any atom is 0.417 e. The number of amides is 1. The summed E-state index contributed by atoms with van der Waals surface area (Å²) in [7, 11) is 0. The lowest BCUT2D eigenvalue weighted by Gasteiger charge is -2.13. The van der Waals surface area contributed by atoms with Gasteiger partial charge in [0.2, 0.25) is 5.88 Å². The first-order chi connectivity index (χ1) is 12.4. The highest BCUT2D eigenvalue weighted by Gasteiger charge is 2.33. The summed E-state index contributed by atoms with van der Waals surface area (Å²) in [5.74, 6) is -0.465. The molecule has 0 bridgehead atoms. The molecule has 0 spiro atoms. The molecule has 1 amide bonds. The second-order valence-corrected chi connectivity index (χ2v) is 5.36. The van der Waals surface area contributed by atoms with Crippen molar-refractivity contribution in [2.75, 3.05) is 13.2 Å². The molecule has 2 heterocycles. The average molecular weight is 361 g/mol. The Labute approximate surface area is 146 Å². The van der Waals surface area contributed by atoms with Crippen LogP contribution in [-0.4, -0.2) is 29.0 Å². The molecule has 3 rings (SSSR count). The third kappa shape index (κ3) is 4.08. The molecule has 8 heteroatoms. The van der Waals surface area contributed by atoms with E-state index < -0.39 is 11.7 Å². The summed E-state index contributed by atoms with van der Waals surface area (Å²) in [5, 5.41) is 2.62. The van der Waals surface area contributed by atoms with Crippen molar-refractivity contribution >= 4 is 16.8 Å². The highest BCUT2D eigenvalue weighted by molar-refractivity contribution is 5.93. The van der Waals surface area contributed by atoms with Gasteiger partial charge < -0.3 is 10.1 Å². The van der Waals surface area contributed by atoms with E-state index in [1.54, 1.807) is 18.2 Å². The number of nitrogens with zero attached hydrogens (tertiary/aromatic N) is 2. The number of pyridine rings is 2. The molecule has 0 aliphatic carbocycles. The molecule has 26 heavy (non-hydrogen) atoms. The highest BCUT2D eigenvalue weighted by Crippen LogP contribution is 2.36. The van der Waals surface area contributed by atoms with Crippen LogP contribution in [0.15, 0.2) is 54.9 Å². The zero-order chi connectivity index (χ0) is 18.6. The minimum Gasteiger partial charge on any atom is -0.476 e. The van der Waals surface area contributed by atoms with Crippen LogP contribution in [0, 0.1) is 0 Å². The first-order valence-electron chi connectivity index (χ1n) is 7.73. The topological polar surface area (TPSA) is 64.1 Å². The maximum absolute atomic E-state index is 13.2. The molecule has 5 nitrogen and oxygen atoms in total. The van der Waals surface area contributed by atoms with Crippen molar-refractivity contribution in [3.8, 4) is 5.88 Å². The van der Waals surface area contributed by atoms with E-state index in [9.17, 15) is 18.0 Å². The van der Waals surface area contributed by atoms with Crippen LogP contribution in [0.3, 0.4) is 0 Å². The summed E-state index contributed by atoms with van der Waals surface area (Å²) in [6, 6.07) is 9.95. The highest BCUT2D eigenvalue weighted by atomic mass is 19.4. The fourth-order valence-corrected chi connectivity index (χ4v) is 2.39. The van der Waals surface area contributed by atoms with Gasteiger partial charge in [0, 0.05) is 29.4 Å². The van der Waals surface area contributed by atoms with E-state index in [0.29, 0.717) is 5.56 Å². The van der Waals surface area contributed by atoms with Crippen LogP contribution in [0.2, 0.25) is 0 Å². The molecule has 1 N–H and O–H groups in total. The zero-order valence-corrected chi connectivity index (χ0v) is 13.5. The predicted molar refractivity (Wildman–Crippen MR) is 88.8 cm³/mol. The second kappa shape index (κ2) is 7.38. The number of rotatable bonds is 5. The number of nitrogens with one attached hydrogen (secondary N) is 1. The number of para-hydroxylation sites is 1. The first kappa shape index (κ1) is 17.7. The summed E-state index contributed by atoms with van der Waals surface area (Å²) < 4.78 is 45.0. The number of aromatic nitrogens is 2. The molecule has 3 aromatic rings. The van der Waals surface area contributed by atoms with Crippen LogP contribution >= 0.6 is 0 Å². The van der Waals surface area contributed by atoms with Crippen LogP contribution in [0.25, 0.3) is 10.9 Å². The van der Waals surface area contributed by atoms with Gasteiger partial charge in [-0.3, -0.25) is 9.78 Å². The Morgan fingerprint density at radius 2 is 1.85 bits per heavy atom. The summed E-state index contributed by atoms with van der Waals surface area (Å²) in [5.41, 5.74) is -0.180. The summed E-state index contributed by atoms with van der Waals surface area (Å²) in [6.45, 7) is 0.108. The molecule has 0 unspecified atom stereocenters. The number of benzene rings is 1. The zero-order valence-electron chi connectivity index (χ0n) is 13.5. The number of halogens is 3. The van der Waals surface area contributed by atoms with Gasteiger partial charge >= 0.3 is 6.18 Å². The van der Waals surface area contributed by atoms with Crippen LogP contribution in [0.5, 0.6) is 5.88 Å². The van der Waals surface area contributed by atoms with Crippen molar-refractivity contribution in [3.63, 3.8) is 0 Å². The number of hydrogen-bond acceptors (Lipinski definition) is 4. The molecular weight excluding hydrogens is 347 g/mol. The van der Waals surface area contributed by atoms with Crippen molar-refractivity contribution in [1.29, 1.82) is 0 Å². The second-order valence-electron chi connectivity index (χ2n) is 5.36. The Balaban J connectivity index is 1.67. The Kier molecular flexibility index (Phi) is 5.01. The van der Waals surface area contributed by atoms with Crippen LogP contribution in [0.4, 0.5) is 13.2 Å². The molecule has 0 radical (unpaired) electrons. The third-order valence-corrected chi connectivity index (χ3v) is 3.58. The molecule has 134 valence electrons. The lowest BCUT2D eigenvalue weighted by molar-refractivity contribution is -0.136. The number of alkyl halides is 3. The Morgan fingerprint density at radius 3 is 2.58 bits per heavy atom. The standard InChI is InChI=1S/C18H14F3N3O2/c19-18(20,21)14-11-16(24-15-4-2-1-3-13(14)15)26-10-9-23-17(25)12-5-7-22-8-6-12/h1-8,11H,9-10H2,(H,23,25). The molecular formula is C18H14F3N3O2. The molecule has 0 saturated carbocycles. The minimum absolute atomic E-state index is 0.0124. The number of ether oxygens (including phenoxy) is 1. The van der Waals surface area contributed by atoms with Gasteiger partial charge in [-0.05, 0) is 18.2 Å². The monoisotopic (exact) mass is 361 g/mol. The van der Waals surface area contributed by atoms with E-state index in [1.165, 1.54) is 30.6 Å². The lowest BCUT2D eigenvalue weighted by atomic mass is 10.1. The smallest absolute Gasteiger partial charge is 0.417 e. The number of carbonyl (C=O) groups is 1. The molecule has 0 aliphatic heterocycles. The van der Waals surface area contributed by atoms with Crippen molar-refractivity contribution in [2.45, 2.75) is 6.18 Å². The van der Waals surface area contributed by atoms with Crippen LogP contribution in [0.1, 0.15) is 15.9 Å². The van der Waals surface area contributed by atoms with Gasteiger partial charge in [-0.25, -0.2) is 4.98 Å². The third-order valence-electron chi connectivity index (χ3n) is 3.58. The van der Waals surface area contributed by atoms with E-state index in [0.717, 1.165) is 6.07 Å². The molecule has 0 aliphatic rings. The largest absolute Gasteiger partial charge is 0.476 e. The van der Waals surface area contributed by atoms with Crippen LogP contribution < -0.4 is 10.1 Å². The number of carbonyl (C=O) groups excluding carboxylic acids is 1. The van der Waals surface area contributed by atoms with E-state index in [1.807, 2.05) is 0 Å². The fraction of sp³-hybridized carbons (Fsp3) is 0.167. The van der Waals surface area contributed by atoms with Crippen molar-refractivity contribution in [1.82, 2.24) is 15.3 Å². The lowest BCUT2D eigenvalue weighted by Crippen LogP contribution is -2.28. The van der Waals surface area contributed by atoms with Crippen molar-refractivity contribution < 1.29 is 22.7 Å². The minimum atomic E-state index is -4.52. The van der Waals surface area contributed by atoms with Gasteiger partial charge in [-0.1, -0.05) is 18.2 Å².